The monoisotopic (exact) mass is 355 g/mol. The van der Waals surface area contributed by atoms with E-state index in [4.69, 9.17) is 4.74 Å². The summed E-state index contributed by atoms with van der Waals surface area (Å²) in [6.45, 7) is 7.22. The number of aromatic nitrogens is 1. The van der Waals surface area contributed by atoms with Gasteiger partial charge in [-0.2, -0.15) is 0 Å². The lowest BCUT2D eigenvalue weighted by molar-refractivity contribution is -0.00260. The first-order valence-electron chi connectivity index (χ1n) is 7.50. The van der Waals surface area contributed by atoms with E-state index >= 15 is 0 Å². The fourth-order valence-electron chi connectivity index (χ4n) is 3.55. The van der Waals surface area contributed by atoms with Crippen molar-refractivity contribution in [3.05, 3.63) is 22.4 Å². The zero-order chi connectivity index (χ0) is 15.0. The summed E-state index contributed by atoms with van der Waals surface area (Å²) in [5.74, 6) is 0.116. The Morgan fingerprint density at radius 2 is 2.29 bits per heavy atom. The van der Waals surface area contributed by atoms with Gasteiger partial charge in [0.1, 0.15) is 5.69 Å². The Labute approximate surface area is 134 Å². The van der Waals surface area contributed by atoms with Crippen molar-refractivity contribution in [3.8, 4) is 0 Å². The molecule has 0 unspecified atom stereocenters. The standard InChI is InChI=1S/C15H22BrN3O2/c1-3-19-6-5-18(10-15(19)4-7-21-11-15)14(20)13-8-12(16)9-17(13)2/h8-9H,3-7,10-11H2,1-2H3/t15-/m1/s1. The normalized spacial score (nSPS) is 26.7. The molecule has 2 saturated heterocycles. The number of carbonyl (C=O) groups excluding carboxylic acids is 1. The molecule has 6 heteroatoms. The number of ether oxygens (including phenoxy) is 1. The molecule has 1 atom stereocenters. The molecule has 1 aromatic rings. The van der Waals surface area contributed by atoms with Crippen LogP contribution in [-0.4, -0.2) is 65.2 Å². The molecule has 0 aliphatic carbocycles. The van der Waals surface area contributed by atoms with Gasteiger partial charge in [0.15, 0.2) is 0 Å². The average Bonchev–Trinajstić information content (AvgIpc) is 3.05. The van der Waals surface area contributed by atoms with Crippen LogP contribution in [0.5, 0.6) is 0 Å². The largest absolute Gasteiger partial charge is 0.379 e. The number of amides is 1. The van der Waals surface area contributed by atoms with Crippen LogP contribution < -0.4 is 0 Å². The van der Waals surface area contributed by atoms with E-state index in [1.54, 1.807) is 0 Å². The van der Waals surface area contributed by atoms with E-state index in [-0.39, 0.29) is 11.4 Å². The molecule has 0 aromatic carbocycles. The van der Waals surface area contributed by atoms with Crippen LogP contribution in [0.3, 0.4) is 0 Å². The van der Waals surface area contributed by atoms with Gasteiger partial charge < -0.3 is 14.2 Å². The predicted molar refractivity (Wildman–Crippen MR) is 84.4 cm³/mol. The molecular weight excluding hydrogens is 334 g/mol. The first-order valence-corrected chi connectivity index (χ1v) is 8.29. The van der Waals surface area contributed by atoms with Gasteiger partial charge in [0.05, 0.1) is 12.1 Å². The predicted octanol–water partition coefficient (Wildman–Crippen LogP) is 1.72. The molecule has 3 rings (SSSR count). The Balaban J connectivity index is 1.81. The van der Waals surface area contributed by atoms with Crippen LogP contribution >= 0.6 is 15.9 Å². The Morgan fingerprint density at radius 1 is 1.48 bits per heavy atom. The lowest BCUT2D eigenvalue weighted by Gasteiger charge is -2.47. The van der Waals surface area contributed by atoms with Gasteiger partial charge in [-0.05, 0) is 35.0 Å². The van der Waals surface area contributed by atoms with Crippen LogP contribution in [0.15, 0.2) is 16.7 Å². The van der Waals surface area contributed by atoms with Crippen molar-refractivity contribution in [2.24, 2.45) is 7.05 Å². The Morgan fingerprint density at radius 3 is 2.86 bits per heavy atom. The zero-order valence-corrected chi connectivity index (χ0v) is 14.2. The van der Waals surface area contributed by atoms with Crippen LogP contribution in [0, 0.1) is 0 Å². The number of likely N-dealkylation sites (N-methyl/N-ethyl adjacent to an activating group) is 1. The summed E-state index contributed by atoms with van der Waals surface area (Å²) in [4.78, 5) is 17.3. The summed E-state index contributed by atoms with van der Waals surface area (Å²) < 4.78 is 8.47. The maximum atomic E-state index is 12.8. The second-order valence-electron chi connectivity index (χ2n) is 5.99. The maximum Gasteiger partial charge on any atom is 0.270 e. The van der Waals surface area contributed by atoms with Crippen LogP contribution in [0.1, 0.15) is 23.8 Å². The third kappa shape index (κ3) is 2.64. The van der Waals surface area contributed by atoms with Crippen molar-refractivity contribution < 1.29 is 9.53 Å². The number of hydrogen-bond acceptors (Lipinski definition) is 3. The molecule has 0 radical (unpaired) electrons. The molecule has 2 aliphatic heterocycles. The van der Waals surface area contributed by atoms with Crippen LogP contribution in [-0.2, 0) is 11.8 Å². The molecule has 21 heavy (non-hydrogen) atoms. The van der Waals surface area contributed by atoms with E-state index in [2.05, 4.69) is 27.8 Å². The molecule has 3 heterocycles. The molecular formula is C15H22BrN3O2. The molecule has 5 nitrogen and oxygen atoms in total. The van der Waals surface area contributed by atoms with Gasteiger partial charge in [0.25, 0.3) is 5.91 Å². The highest BCUT2D eigenvalue weighted by Crippen LogP contribution is 2.31. The SMILES string of the molecule is CCN1CCN(C(=O)c2cc(Br)cn2C)C[C@@]12CCOC2. The number of hydrogen-bond donors (Lipinski definition) is 0. The van der Waals surface area contributed by atoms with Crippen LogP contribution in [0.4, 0.5) is 0 Å². The van der Waals surface area contributed by atoms with Gasteiger partial charge in [-0.25, -0.2) is 0 Å². The minimum absolute atomic E-state index is 0.0189. The minimum Gasteiger partial charge on any atom is -0.379 e. The summed E-state index contributed by atoms with van der Waals surface area (Å²) >= 11 is 3.44. The van der Waals surface area contributed by atoms with Crippen molar-refractivity contribution in [1.29, 1.82) is 0 Å². The quantitative estimate of drug-likeness (QED) is 0.810. The summed E-state index contributed by atoms with van der Waals surface area (Å²) in [6.07, 6.45) is 2.94. The van der Waals surface area contributed by atoms with E-state index in [1.165, 1.54) is 0 Å². The highest BCUT2D eigenvalue weighted by atomic mass is 79.9. The van der Waals surface area contributed by atoms with E-state index in [0.717, 1.165) is 56.0 Å². The lowest BCUT2D eigenvalue weighted by Crippen LogP contribution is -2.63. The lowest BCUT2D eigenvalue weighted by atomic mass is 9.92. The van der Waals surface area contributed by atoms with Crippen LogP contribution in [0.2, 0.25) is 0 Å². The number of nitrogens with zero attached hydrogens (tertiary/aromatic N) is 3. The fraction of sp³-hybridized carbons (Fsp3) is 0.667. The molecule has 0 saturated carbocycles. The molecule has 2 aliphatic rings. The second-order valence-corrected chi connectivity index (χ2v) is 6.90. The van der Waals surface area contributed by atoms with E-state index in [1.807, 2.05) is 28.8 Å². The van der Waals surface area contributed by atoms with Gasteiger partial charge in [0, 0.05) is 44.0 Å². The highest BCUT2D eigenvalue weighted by molar-refractivity contribution is 9.10. The molecule has 1 amide bonds. The molecule has 2 fully saturated rings. The van der Waals surface area contributed by atoms with Gasteiger partial charge in [0.2, 0.25) is 0 Å². The summed E-state index contributed by atoms with van der Waals surface area (Å²) in [5, 5.41) is 0. The summed E-state index contributed by atoms with van der Waals surface area (Å²) in [6, 6.07) is 1.90. The number of aryl methyl sites for hydroxylation is 1. The minimum atomic E-state index is 0.0189. The van der Waals surface area contributed by atoms with E-state index in [0.29, 0.717) is 0 Å². The third-order valence-electron chi connectivity index (χ3n) is 4.74. The Hall–Kier alpha value is -0.850. The summed E-state index contributed by atoms with van der Waals surface area (Å²) in [7, 11) is 1.91. The van der Waals surface area contributed by atoms with Gasteiger partial charge in [-0.15, -0.1) is 0 Å². The Kier molecular flexibility index (Phi) is 4.12. The number of rotatable bonds is 2. The van der Waals surface area contributed by atoms with Crippen LogP contribution in [0.25, 0.3) is 0 Å². The van der Waals surface area contributed by atoms with E-state index in [9.17, 15) is 4.79 Å². The van der Waals surface area contributed by atoms with Gasteiger partial charge >= 0.3 is 0 Å². The third-order valence-corrected chi connectivity index (χ3v) is 5.17. The summed E-state index contributed by atoms with van der Waals surface area (Å²) in [5.41, 5.74) is 0.756. The molecule has 0 N–H and O–H groups in total. The first-order chi connectivity index (χ1) is 10.1. The van der Waals surface area contributed by atoms with Crippen molar-refractivity contribution in [2.75, 3.05) is 39.4 Å². The molecule has 1 aromatic heterocycles. The highest BCUT2D eigenvalue weighted by Gasteiger charge is 2.45. The Bertz CT molecular complexity index is 537. The fourth-order valence-corrected chi connectivity index (χ4v) is 4.07. The topological polar surface area (TPSA) is 37.7 Å². The number of halogens is 1. The smallest absolute Gasteiger partial charge is 0.270 e. The zero-order valence-electron chi connectivity index (χ0n) is 12.6. The van der Waals surface area contributed by atoms with Crippen molar-refractivity contribution in [2.45, 2.75) is 18.9 Å². The number of carbonyl (C=O) groups is 1. The van der Waals surface area contributed by atoms with Gasteiger partial charge in [-0.3, -0.25) is 9.69 Å². The van der Waals surface area contributed by atoms with Crippen molar-refractivity contribution in [3.63, 3.8) is 0 Å². The molecule has 0 bridgehead atoms. The van der Waals surface area contributed by atoms with Crippen molar-refractivity contribution >= 4 is 21.8 Å². The maximum absolute atomic E-state index is 12.8. The van der Waals surface area contributed by atoms with Crippen molar-refractivity contribution in [1.82, 2.24) is 14.4 Å². The number of piperazine rings is 1. The molecule has 116 valence electrons. The molecule has 1 spiro atoms. The van der Waals surface area contributed by atoms with E-state index < -0.39 is 0 Å². The van der Waals surface area contributed by atoms with Gasteiger partial charge in [-0.1, -0.05) is 6.92 Å². The second kappa shape index (κ2) is 5.74. The average molecular weight is 356 g/mol. The first kappa shape index (κ1) is 15.1.